The Labute approximate surface area is 119 Å². The molecule has 1 heterocycles. The van der Waals surface area contributed by atoms with Gasteiger partial charge in [-0.15, -0.1) is 0 Å². The van der Waals surface area contributed by atoms with Crippen LogP contribution in [0, 0.1) is 0 Å². The molecule has 0 unspecified atom stereocenters. The van der Waals surface area contributed by atoms with Gasteiger partial charge >= 0.3 is 0 Å². The van der Waals surface area contributed by atoms with Gasteiger partial charge in [0.1, 0.15) is 0 Å². The van der Waals surface area contributed by atoms with E-state index in [2.05, 4.69) is 36.9 Å². The van der Waals surface area contributed by atoms with E-state index in [1.54, 1.807) is 0 Å². The number of hydrogen-bond donors (Lipinski definition) is 1. The molecule has 4 heteroatoms. The van der Waals surface area contributed by atoms with Crippen molar-refractivity contribution in [3.63, 3.8) is 0 Å². The van der Waals surface area contributed by atoms with Gasteiger partial charge in [0.15, 0.2) is 0 Å². The molecule has 0 spiro atoms. The first kappa shape index (κ1) is 14.0. The van der Waals surface area contributed by atoms with Crippen LogP contribution in [-0.4, -0.2) is 30.1 Å². The van der Waals surface area contributed by atoms with Crippen molar-refractivity contribution in [3.05, 3.63) is 28.8 Å². The first-order chi connectivity index (χ1) is 8.52. The lowest BCUT2D eigenvalue weighted by atomic mass is 10.1. The van der Waals surface area contributed by atoms with Crippen LogP contribution in [0.25, 0.3) is 0 Å². The Hall–Kier alpha value is -0.380. The Bertz CT molecular complexity index is 420. The molecule has 0 aromatic heterocycles. The summed E-state index contributed by atoms with van der Waals surface area (Å²) < 4.78 is 0.303. The van der Waals surface area contributed by atoms with Crippen LogP contribution in [0.15, 0.2) is 18.2 Å². The molecule has 100 valence electrons. The van der Waals surface area contributed by atoms with Gasteiger partial charge < -0.3 is 10.6 Å². The van der Waals surface area contributed by atoms with Gasteiger partial charge in [0.05, 0.1) is 10.7 Å². The van der Waals surface area contributed by atoms with E-state index in [4.69, 9.17) is 17.3 Å². The normalized spacial score (nSPS) is 19.0. The van der Waals surface area contributed by atoms with Crippen LogP contribution in [0.2, 0.25) is 5.02 Å². The summed E-state index contributed by atoms with van der Waals surface area (Å²) in [6.07, 6.45) is 0.890. The summed E-state index contributed by atoms with van der Waals surface area (Å²) in [5.41, 5.74) is 7.95. The number of nitrogens with two attached hydrogens (primary N) is 1. The smallest absolute Gasteiger partial charge is 0.0642 e. The maximum atomic E-state index is 6.40. The highest BCUT2D eigenvalue weighted by atomic mass is 35.5. The molecule has 0 saturated carbocycles. The van der Waals surface area contributed by atoms with Crippen molar-refractivity contribution < 1.29 is 0 Å². The average molecular weight is 285 g/mol. The third kappa shape index (κ3) is 3.34. The van der Waals surface area contributed by atoms with Crippen LogP contribution in [-0.2, 0) is 6.42 Å². The van der Waals surface area contributed by atoms with E-state index in [1.807, 2.05) is 11.8 Å². The van der Waals surface area contributed by atoms with Gasteiger partial charge in [-0.25, -0.2) is 0 Å². The van der Waals surface area contributed by atoms with Crippen molar-refractivity contribution in [2.75, 3.05) is 30.3 Å². The van der Waals surface area contributed by atoms with Crippen molar-refractivity contribution in [1.29, 1.82) is 0 Å². The zero-order valence-electron chi connectivity index (χ0n) is 11.1. The monoisotopic (exact) mass is 284 g/mol. The predicted molar refractivity (Wildman–Crippen MR) is 83.0 cm³/mol. The summed E-state index contributed by atoms with van der Waals surface area (Å²) in [6.45, 7) is 7.38. The number of nitrogens with zero attached hydrogens (tertiary/aromatic N) is 1. The van der Waals surface area contributed by atoms with Crippen molar-refractivity contribution in [2.24, 2.45) is 5.73 Å². The highest BCUT2D eigenvalue weighted by molar-refractivity contribution is 8.00. The fourth-order valence-corrected chi connectivity index (χ4v) is 3.79. The summed E-state index contributed by atoms with van der Waals surface area (Å²) in [5.74, 6) is 1.16. The van der Waals surface area contributed by atoms with Gasteiger partial charge in [0, 0.05) is 23.6 Å². The lowest BCUT2D eigenvalue weighted by Gasteiger charge is -2.39. The van der Waals surface area contributed by atoms with Gasteiger partial charge in [-0.05, 0) is 44.5 Å². The average Bonchev–Trinajstić information content (AvgIpc) is 2.28. The number of thioether (sulfide) groups is 1. The summed E-state index contributed by atoms with van der Waals surface area (Å²) in [7, 11) is 0. The standard InChI is InChI=1S/C14H21ClN2S/c1-14(2)10-17(7-8-18-14)13-4-3-11(5-6-16)9-12(13)15/h3-4,9H,5-8,10,16H2,1-2H3. The SMILES string of the molecule is CC1(C)CN(c2ccc(CCN)cc2Cl)CCS1. The minimum absolute atomic E-state index is 0.303. The second kappa shape index (κ2) is 5.72. The molecule has 0 bridgehead atoms. The van der Waals surface area contributed by atoms with E-state index in [-0.39, 0.29) is 0 Å². The van der Waals surface area contributed by atoms with Crippen molar-refractivity contribution in [2.45, 2.75) is 25.0 Å². The number of hydrogen-bond acceptors (Lipinski definition) is 3. The van der Waals surface area contributed by atoms with E-state index in [9.17, 15) is 0 Å². The number of benzene rings is 1. The van der Waals surface area contributed by atoms with Crippen molar-refractivity contribution in [3.8, 4) is 0 Å². The molecule has 0 aliphatic carbocycles. The second-order valence-electron chi connectivity index (χ2n) is 5.35. The van der Waals surface area contributed by atoms with Gasteiger partial charge in [0.2, 0.25) is 0 Å². The minimum atomic E-state index is 0.303. The third-order valence-corrected chi connectivity index (χ3v) is 4.81. The first-order valence-electron chi connectivity index (χ1n) is 6.39. The topological polar surface area (TPSA) is 29.3 Å². The summed E-state index contributed by atoms with van der Waals surface area (Å²) >= 11 is 8.44. The quantitative estimate of drug-likeness (QED) is 0.924. The minimum Gasteiger partial charge on any atom is -0.368 e. The largest absolute Gasteiger partial charge is 0.368 e. The van der Waals surface area contributed by atoms with Crippen LogP contribution in [0.1, 0.15) is 19.4 Å². The van der Waals surface area contributed by atoms with E-state index >= 15 is 0 Å². The van der Waals surface area contributed by atoms with Crippen LogP contribution < -0.4 is 10.6 Å². The zero-order chi connectivity index (χ0) is 13.2. The molecule has 1 aromatic carbocycles. The summed E-state index contributed by atoms with van der Waals surface area (Å²) in [6, 6.07) is 6.33. The Morgan fingerprint density at radius 1 is 1.44 bits per heavy atom. The number of anilines is 1. The molecule has 1 aromatic rings. The molecule has 1 aliphatic heterocycles. The zero-order valence-corrected chi connectivity index (χ0v) is 12.7. The highest BCUT2D eigenvalue weighted by Crippen LogP contribution is 2.35. The maximum absolute atomic E-state index is 6.40. The van der Waals surface area contributed by atoms with Crippen LogP contribution in [0.4, 0.5) is 5.69 Å². The maximum Gasteiger partial charge on any atom is 0.0642 e. The molecule has 1 aliphatic rings. The Kier molecular flexibility index (Phi) is 4.46. The lowest BCUT2D eigenvalue weighted by Crippen LogP contribution is -2.43. The molecule has 2 rings (SSSR count). The first-order valence-corrected chi connectivity index (χ1v) is 7.75. The summed E-state index contributed by atoms with van der Waals surface area (Å²) in [5, 5.41) is 0.851. The molecule has 1 fully saturated rings. The molecule has 18 heavy (non-hydrogen) atoms. The van der Waals surface area contributed by atoms with Crippen molar-refractivity contribution >= 4 is 29.1 Å². The lowest BCUT2D eigenvalue weighted by molar-refractivity contribution is 0.648. The fourth-order valence-electron chi connectivity index (χ4n) is 2.35. The molecule has 2 N–H and O–H groups in total. The highest BCUT2D eigenvalue weighted by Gasteiger charge is 2.27. The molecule has 0 radical (unpaired) electrons. The van der Waals surface area contributed by atoms with E-state index in [1.165, 1.54) is 5.56 Å². The number of rotatable bonds is 3. The van der Waals surface area contributed by atoms with Crippen LogP contribution in [0.3, 0.4) is 0 Å². The van der Waals surface area contributed by atoms with Crippen LogP contribution in [0.5, 0.6) is 0 Å². The van der Waals surface area contributed by atoms with Gasteiger partial charge in [-0.1, -0.05) is 17.7 Å². The van der Waals surface area contributed by atoms with E-state index in [0.29, 0.717) is 11.3 Å². The van der Waals surface area contributed by atoms with Crippen LogP contribution >= 0.6 is 23.4 Å². The van der Waals surface area contributed by atoms with Gasteiger partial charge in [0.25, 0.3) is 0 Å². The van der Waals surface area contributed by atoms with E-state index < -0.39 is 0 Å². The van der Waals surface area contributed by atoms with Gasteiger partial charge in [-0.2, -0.15) is 11.8 Å². The molecule has 2 nitrogen and oxygen atoms in total. The molecule has 0 atom stereocenters. The van der Waals surface area contributed by atoms with E-state index in [0.717, 1.165) is 36.0 Å². The number of halogens is 1. The summed E-state index contributed by atoms with van der Waals surface area (Å²) in [4.78, 5) is 2.39. The molecule has 1 saturated heterocycles. The van der Waals surface area contributed by atoms with Crippen molar-refractivity contribution in [1.82, 2.24) is 0 Å². The fraction of sp³-hybridized carbons (Fsp3) is 0.571. The van der Waals surface area contributed by atoms with Gasteiger partial charge in [-0.3, -0.25) is 0 Å². The Balaban J connectivity index is 2.18. The molecular formula is C14H21ClN2S. The second-order valence-corrected chi connectivity index (χ2v) is 7.56. The third-order valence-electron chi connectivity index (χ3n) is 3.21. The Morgan fingerprint density at radius 3 is 2.83 bits per heavy atom. The predicted octanol–water partition coefficient (Wildman–Crippen LogP) is 3.17. The molecular weight excluding hydrogens is 264 g/mol. The molecule has 0 amide bonds. The Morgan fingerprint density at radius 2 is 2.22 bits per heavy atom.